The Labute approximate surface area is 80.2 Å². The molecule has 0 aromatic carbocycles. The van der Waals surface area contributed by atoms with Gasteiger partial charge in [-0.25, -0.2) is 0 Å². The highest BCUT2D eigenvalue weighted by atomic mass is 16.5. The second kappa shape index (κ2) is 8.44. The Morgan fingerprint density at radius 1 is 1.38 bits per heavy atom. The van der Waals surface area contributed by atoms with E-state index in [0.29, 0.717) is 6.61 Å². The quantitative estimate of drug-likeness (QED) is 0.531. The van der Waals surface area contributed by atoms with Crippen LogP contribution in [0.5, 0.6) is 0 Å². The first-order chi connectivity index (χ1) is 6.20. The van der Waals surface area contributed by atoms with Crippen molar-refractivity contribution < 1.29 is 14.6 Å². The van der Waals surface area contributed by atoms with E-state index in [-0.39, 0.29) is 12.2 Å². The summed E-state index contributed by atoms with van der Waals surface area (Å²) >= 11 is 0. The molecule has 0 heterocycles. The number of methoxy groups -OCH3 is 2. The molecular weight excluding hydrogens is 170 g/mol. The molecule has 0 bridgehead atoms. The standard InChI is InChI=1S/C9H21NO3/c1-8(11)4-5-10-6-9(13-3)7-12-2/h8-11H,4-7H2,1-3H3. The molecule has 0 amide bonds. The van der Waals surface area contributed by atoms with Gasteiger partial charge in [0, 0.05) is 20.8 Å². The predicted octanol–water partition coefficient (Wildman–Crippen LogP) is 0.00830. The van der Waals surface area contributed by atoms with Crippen molar-refractivity contribution in [2.24, 2.45) is 0 Å². The molecule has 0 saturated carbocycles. The lowest BCUT2D eigenvalue weighted by Crippen LogP contribution is -2.33. The Balaban J connectivity index is 3.27. The van der Waals surface area contributed by atoms with Gasteiger partial charge in [0.2, 0.25) is 0 Å². The van der Waals surface area contributed by atoms with Gasteiger partial charge in [0.15, 0.2) is 0 Å². The topological polar surface area (TPSA) is 50.7 Å². The Kier molecular flexibility index (Phi) is 8.33. The van der Waals surface area contributed by atoms with Crippen LogP contribution in [-0.4, -0.2) is 51.2 Å². The minimum atomic E-state index is -0.240. The van der Waals surface area contributed by atoms with E-state index >= 15 is 0 Å². The van der Waals surface area contributed by atoms with Gasteiger partial charge in [-0.2, -0.15) is 0 Å². The molecule has 0 aliphatic carbocycles. The zero-order valence-corrected chi connectivity index (χ0v) is 8.75. The van der Waals surface area contributed by atoms with E-state index in [2.05, 4.69) is 5.32 Å². The summed E-state index contributed by atoms with van der Waals surface area (Å²) in [5, 5.41) is 12.2. The smallest absolute Gasteiger partial charge is 0.0928 e. The summed E-state index contributed by atoms with van der Waals surface area (Å²) in [6.07, 6.45) is 0.624. The molecule has 0 radical (unpaired) electrons. The normalized spacial score (nSPS) is 15.7. The lowest BCUT2D eigenvalue weighted by Gasteiger charge is -2.15. The van der Waals surface area contributed by atoms with E-state index in [1.165, 1.54) is 0 Å². The third-order valence-corrected chi connectivity index (χ3v) is 1.80. The van der Waals surface area contributed by atoms with Crippen LogP contribution in [0.15, 0.2) is 0 Å². The van der Waals surface area contributed by atoms with Crippen LogP contribution in [0.2, 0.25) is 0 Å². The van der Waals surface area contributed by atoms with E-state index < -0.39 is 0 Å². The summed E-state index contributed by atoms with van der Waals surface area (Å²) in [5.74, 6) is 0. The molecule has 0 saturated heterocycles. The average molecular weight is 191 g/mol. The maximum atomic E-state index is 8.98. The van der Waals surface area contributed by atoms with Crippen LogP contribution in [0.1, 0.15) is 13.3 Å². The van der Waals surface area contributed by atoms with E-state index in [1.807, 2.05) is 0 Å². The number of aliphatic hydroxyl groups excluding tert-OH is 1. The number of ether oxygens (including phenoxy) is 2. The predicted molar refractivity (Wildman–Crippen MR) is 51.8 cm³/mol. The van der Waals surface area contributed by atoms with Crippen LogP contribution >= 0.6 is 0 Å². The zero-order valence-electron chi connectivity index (χ0n) is 8.75. The summed E-state index contributed by atoms with van der Waals surface area (Å²) in [5.41, 5.74) is 0. The maximum Gasteiger partial charge on any atom is 0.0928 e. The van der Waals surface area contributed by atoms with Gasteiger partial charge >= 0.3 is 0 Å². The lowest BCUT2D eigenvalue weighted by molar-refractivity contribution is 0.0285. The minimum Gasteiger partial charge on any atom is -0.393 e. The minimum absolute atomic E-state index is 0.0963. The number of rotatable bonds is 8. The Hall–Kier alpha value is -0.160. The van der Waals surface area contributed by atoms with E-state index in [4.69, 9.17) is 14.6 Å². The lowest BCUT2D eigenvalue weighted by atomic mass is 10.3. The van der Waals surface area contributed by atoms with Crippen molar-refractivity contribution in [3.63, 3.8) is 0 Å². The van der Waals surface area contributed by atoms with Crippen molar-refractivity contribution in [2.45, 2.75) is 25.6 Å². The van der Waals surface area contributed by atoms with Gasteiger partial charge in [-0.15, -0.1) is 0 Å². The number of aliphatic hydroxyl groups is 1. The van der Waals surface area contributed by atoms with Crippen LogP contribution < -0.4 is 5.32 Å². The molecular formula is C9H21NO3. The second-order valence-electron chi connectivity index (χ2n) is 3.15. The van der Waals surface area contributed by atoms with Gasteiger partial charge in [0.25, 0.3) is 0 Å². The van der Waals surface area contributed by atoms with E-state index in [1.54, 1.807) is 21.1 Å². The molecule has 4 nitrogen and oxygen atoms in total. The fourth-order valence-corrected chi connectivity index (χ4v) is 0.970. The Bertz CT molecular complexity index is 109. The molecule has 0 aromatic heterocycles. The van der Waals surface area contributed by atoms with Crippen molar-refractivity contribution >= 4 is 0 Å². The Morgan fingerprint density at radius 2 is 2.08 bits per heavy atom. The monoisotopic (exact) mass is 191 g/mol. The first-order valence-electron chi connectivity index (χ1n) is 4.61. The van der Waals surface area contributed by atoms with E-state index in [9.17, 15) is 0 Å². The summed E-state index contributed by atoms with van der Waals surface area (Å²) in [4.78, 5) is 0. The van der Waals surface area contributed by atoms with Crippen LogP contribution in [0.3, 0.4) is 0 Å². The SMILES string of the molecule is COCC(CNCCC(C)O)OC. The summed E-state index contributed by atoms with van der Waals surface area (Å²) in [6, 6.07) is 0. The molecule has 4 heteroatoms. The first-order valence-corrected chi connectivity index (χ1v) is 4.61. The fourth-order valence-electron chi connectivity index (χ4n) is 0.970. The van der Waals surface area contributed by atoms with Crippen LogP contribution in [0.4, 0.5) is 0 Å². The highest BCUT2D eigenvalue weighted by Crippen LogP contribution is 1.90. The van der Waals surface area contributed by atoms with Crippen molar-refractivity contribution in [3.8, 4) is 0 Å². The van der Waals surface area contributed by atoms with Crippen LogP contribution in [0.25, 0.3) is 0 Å². The summed E-state index contributed by atoms with van der Waals surface area (Å²) in [6.45, 7) is 3.95. The van der Waals surface area contributed by atoms with Gasteiger partial charge in [0.05, 0.1) is 18.8 Å². The molecule has 13 heavy (non-hydrogen) atoms. The molecule has 2 atom stereocenters. The van der Waals surface area contributed by atoms with E-state index in [0.717, 1.165) is 19.5 Å². The van der Waals surface area contributed by atoms with Crippen molar-refractivity contribution in [3.05, 3.63) is 0 Å². The molecule has 0 aliphatic rings. The highest BCUT2D eigenvalue weighted by molar-refractivity contribution is 4.60. The molecule has 0 aliphatic heterocycles. The molecule has 0 aromatic rings. The molecule has 80 valence electrons. The maximum absolute atomic E-state index is 8.98. The van der Waals surface area contributed by atoms with Crippen molar-refractivity contribution in [2.75, 3.05) is 33.9 Å². The van der Waals surface area contributed by atoms with Gasteiger partial charge < -0.3 is 19.9 Å². The number of hydrogen-bond acceptors (Lipinski definition) is 4. The second-order valence-corrected chi connectivity index (χ2v) is 3.15. The highest BCUT2D eigenvalue weighted by Gasteiger charge is 2.05. The molecule has 0 fully saturated rings. The van der Waals surface area contributed by atoms with Crippen molar-refractivity contribution in [1.82, 2.24) is 5.32 Å². The first kappa shape index (κ1) is 12.8. The summed E-state index contributed by atoms with van der Waals surface area (Å²) in [7, 11) is 3.32. The van der Waals surface area contributed by atoms with Gasteiger partial charge in [-0.1, -0.05) is 0 Å². The van der Waals surface area contributed by atoms with Crippen LogP contribution in [0, 0.1) is 0 Å². The Morgan fingerprint density at radius 3 is 2.54 bits per heavy atom. The van der Waals surface area contributed by atoms with Gasteiger partial charge in [0.1, 0.15) is 0 Å². The van der Waals surface area contributed by atoms with Gasteiger partial charge in [-0.3, -0.25) is 0 Å². The third kappa shape index (κ3) is 8.18. The molecule has 0 spiro atoms. The molecule has 0 rings (SSSR count). The van der Waals surface area contributed by atoms with Crippen LogP contribution in [-0.2, 0) is 9.47 Å². The average Bonchev–Trinajstić information content (AvgIpc) is 2.10. The molecule has 2 N–H and O–H groups in total. The number of nitrogens with one attached hydrogen (secondary N) is 1. The van der Waals surface area contributed by atoms with Crippen molar-refractivity contribution in [1.29, 1.82) is 0 Å². The third-order valence-electron chi connectivity index (χ3n) is 1.80. The number of hydrogen-bond donors (Lipinski definition) is 2. The summed E-state index contributed by atoms with van der Waals surface area (Å²) < 4.78 is 10.1. The largest absolute Gasteiger partial charge is 0.393 e. The molecule has 2 unspecified atom stereocenters. The fraction of sp³-hybridized carbons (Fsp3) is 1.00. The van der Waals surface area contributed by atoms with Gasteiger partial charge in [-0.05, 0) is 19.9 Å². The zero-order chi connectivity index (χ0) is 10.1.